The number of aromatic nitrogens is 3. The monoisotopic (exact) mass is 248 g/mol. The molecule has 2 aromatic rings. The Hall–Kier alpha value is -1.69. The number of nitrogens with one attached hydrogen (secondary N) is 1. The first-order chi connectivity index (χ1) is 8.24. The van der Waals surface area contributed by atoms with E-state index in [2.05, 4.69) is 15.4 Å². The lowest BCUT2D eigenvalue weighted by Crippen LogP contribution is -2.15. The Kier molecular flexibility index (Phi) is 2.44. The van der Waals surface area contributed by atoms with Crippen molar-refractivity contribution in [2.75, 3.05) is 5.32 Å². The maximum absolute atomic E-state index is 11.9. The van der Waals surface area contributed by atoms with Gasteiger partial charge in [-0.25, -0.2) is 4.98 Å². The molecule has 0 radical (unpaired) electrons. The molecule has 0 bridgehead atoms. The van der Waals surface area contributed by atoms with E-state index < -0.39 is 0 Å². The van der Waals surface area contributed by atoms with Gasteiger partial charge in [0.2, 0.25) is 0 Å². The van der Waals surface area contributed by atoms with Gasteiger partial charge in [0.05, 0.1) is 5.69 Å². The largest absolute Gasteiger partial charge is 0.296 e. The van der Waals surface area contributed by atoms with Crippen molar-refractivity contribution < 1.29 is 4.79 Å². The first-order valence-electron chi connectivity index (χ1n) is 5.52. The van der Waals surface area contributed by atoms with Crippen LogP contribution in [0.25, 0.3) is 0 Å². The Balaban J connectivity index is 1.79. The molecule has 0 atom stereocenters. The predicted molar refractivity (Wildman–Crippen MR) is 65.3 cm³/mol. The van der Waals surface area contributed by atoms with Gasteiger partial charge in [-0.2, -0.15) is 5.10 Å². The van der Waals surface area contributed by atoms with Gasteiger partial charge in [-0.05, 0) is 25.3 Å². The van der Waals surface area contributed by atoms with Crippen LogP contribution in [0.1, 0.15) is 27.5 Å². The number of carbonyl (C=O) groups excluding carboxylic acids is 1. The lowest BCUT2D eigenvalue weighted by Gasteiger charge is -2.01. The molecule has 0 aromatic carbocycles. The average Bonchev–Trinajstić information content (AvgIpc) is 2.92. The van der Waals surface area contributed by atoms with Crippen LogP contribution in [0.3, 0.4) is 0 Å². The topological polar surface area (TPSA) is 59.8 Å². The smallest absolute Gasteiger partial charge is 0.275 e. The highest BCUT2D eigenvalue weighted by atomic mass is 32.1. The average molecular weight is 248 g/mol. The number of rotatable bonds is 2. The Morgan fingerprint density at radius 2 is 2.41 bits per heavy atom. The van der Waals surface area contributed by atoms with Crippen LogP contribution in [0.2, 0.25) is 0 Å². The summed E-state index contributed by atoms with van der Waals surface area (Å²) in [4.78, 5) is 17.7. The van der Waals surface area contributed by atoms with Crippen LogP contribution in [0.5, 0.6) is 0 Å². The number of anilines is 1. The van der Waals surface area contributed by atoms with E-state index in [1.165, 1.54) is 11.3 Å². The second-order valence-electron chi connectivity index (χ2n) is 4.04. The molecule has 0 spiro atoms. The van der Waals surface area contributed by atoms with Crippen molar-refractivity contribution in [2.45, 2.75) is 19.3 Å². The molecule has 0 unspecified atom stereocenters. The zero-order chi connectivity index (χ0) is 11.8. The summed E-state index contributed by atoms with van der Waals surface area (Å²) in [6.45, 7) is 0. The maximum Gasteiger partial charge on any atom is 0.275 e. The van der Waals surface area contributed by atoms with Gasteiger partial charge in [-0.15, -0.1) is 11.3 Å². The van der Waals surface area contributed by atoms with E-state index in [-0.39, 0.29) is 5.91 Å². The number of amides is 1. The summed E-state index contributed by atoms with van der Waals surface area (Å²) in [5, 5.41) is 7.49. The zero-order valence-electron chi connectivity index (χ0n) is 9.43. The van der Waals surface area contributed by atoms with Crippen LogP contribution >= 0.6 is 11.3 Å². The number of thiazole rings is 1. The highest BCUT2D eigenvalue weighted by Crippen LogP contribution is 2.30. The van der Waals surface area contributed by atoms with E-state index in [1.807, 2.05) is 0 Å². The zero-order valence-corrected chi connectivity index (χ0v) is 10.3. The van der Waals surface area contributed by atoms with Gasteiger partial charge in [0.15, 0.2) is 5.13 Å². The molecule has 1 aliphatic carbocycles. The number of fused-ring (bicyclic) bond motifs is 1. The second-order valence-corrected chi connectivity index (χ2v) is 5.12. The first-order valence-corrected chi connectivity index (χ1v) is 6.33. The highest BCUT2D eigenvalue weighted by molar-refractivity contribution is 7.15. The van der Waals surface area contributed by atoms with Crippen LogP contribution in [0.15, 0.2) is 12.3 Å². The molecule has 1 N–H and O–H groups in total. The van der Waals surface area contributed by atoms with Gasteiger partial charge in [0, 0.05) is 18.1 Å². The van der Waals surface area contributed by atoms with E-state index in [4.69, 9.17) is 0 Å². The standard InChI is InChI=1S/C11H12N4OS/c1-15-8(5-6-12-15)10(16)14-11-13-7-3-2-4-9(7)17-11/h5-6H,2-4H2,1H3,(H,13,14,16). The lowest BCUT2D eigenvalue weighted by molar-refractivity contribution is 0.101. The predicted octanol–water partition coefficient (Wildman–Crippen LogP) is 1.62. The number of hydrogen-bond donors (Lipinski definition) is 1. The molecule has 3 rings (SSSR count). The summed E-state index contributed by atoms with van der Waals surface area (Å²) >= 11 is 1.58. The summed E-state index contributed by atoms with van der Waals surface area (Å²) < 4.78 is 1.55. The molecule has 88 valence electrons. The van der Waals surface area contributed by atoms with Crippen molar-refractivity contribution in [3.63, 3.8) is 0 Å². The van der Waals surface area contributed by atoms with E-state index >= 15 is 0 Å². The van der Waals surface area contributed by atoms with E-state index in [1.54, 1.807) is 35.3 Å². The van der Waals surface area contributed by atoms with Gasteiger partial charge < -0.3 is 0 Å². The fourth-order valence-corrected chi connectivity index (χ4v) is 3.05. The third-order valence-electron chi connectivity index (χ3n) is 2.87. The third-order valence-corrected chi connectivity index (χ3v) is 3.94. The van der Waals surface area contributed by atoms with Crippen molar-refractivity contribution in [3.8, 4) is 0 Å². The molecule has 0 fully saturated rings. The van der Waals surface area contributed by atoms with Crippen LogP contribution < -0.4 is 5.32 Å². The minimum Gasteiger partial charge on any atom is -0.296 e. The molecule has 0 saturated carbocycles. The normalized spacial score (nSPS) is 13.7. The minimum atomic E-state index is -0.155. The summed E-state index contributed by atoms with van der Waals surface area (Å²) in [5.41, 5.74) is 1.69. The van der Waals surface area contributed by atoms with E-state index in [0.29, 0.717) is 10.8 Å². The summed E-state index contributed by atoms with van der Waals surface area (Å²) in [7, 11) is 1.75. The summed E-state index contributed by atoms with van der Waals surface area (Å²) in [6.07, 6.45) is 4.92. The van der Waals surface area contributed by atoms with Crippen molar-refractivity contribution in [1.82, 2.24) is 14.8 Å². The SMILES string of the molecule is Cn1nccc1C(=O)Nc1nc2c(s1)CCC2. The van der Waals surface area contributed by atoms with Crippen LogP contribution in [-0.2, 0) is 19.9 Å². The highest BCUT2D eigenvalue weighted by Gasteiger charge is 2.18. The molecule has 6 heteroatoms. The fourth-order valence-electron chi connectivity index (χ4n) is 2.00. The van der Waals surface area contributed by atoms with Crippen molar-refractivity contribution in [1.29, 1.82) is 0 Å². The molecule has 2 heterocycles. The van der Waals surface area contributed by atoms with Gasteiger partial charge in [-0.3, -0.25) is 14.8 Å². The molecular formula is C11H12N4OS. The van der Waals surface area contributed by atoms with Crippen LogP contribution in [-0.4, -0.2) is 20.7 Å². The van der Waals surface area contributed by atoms with Crippen molar-refractivity contribution in [3.05, 3.63) is 28.5 Å². The number of hydrogen-bond acceptors (Lipinski definition) is 4. The third kappa shape index (κ3) is 1.84. The quantitative estimate of drug-likeness (QED) is 0.878. The molecule has 0 aliphatic heterocycles. The Morgan fingerprint density at radius 1 is 1.53 bits per heavy atom. The first kappa shape index (κ1) is 10.5. The molecule has 17 heavy (non-hydrogen) atoms. The summed E-state index contributed by atoms with van der Waals surface area (Å²) in [6, 6.07) is 1.69. The van der Waals surface area contributed by atoms with Gasteiger partial charge >= 0.3 is 0 Å². The Labute approximate surface area is 102 Å². The minimum absolute atomic E-state index is 0.155. The molecule has 0 saturated heterocycles. The lowest BCUT2D eigenvalue weighted by atomic mass is 10.4. The van der Waals surface area contributed by atoms with Gasteiger partial charge in [-0.1, -0.05) is 0 Å². The number of carbonyl (C=O) groups is 1. The van der Waals surface area contributed by atoms with E-state index in [9.17, 15) is 4.79 Å². The Bertz CT molecular complexity index is 550. The number of aryl methyl sites for hydroxylation is 3. The summed E-state index contributed by atoms with van der Waals surface area (Å²) in [5.74, 6) is -0.155. The fraction of sp³-hybridized carbons (Fsp3) is 0.364. The Morgan fingerprint density at radius 3 is 3.12 bits per heavy atom. The second kappa shape index (κ2) is 3.96. The molecular weight excluding hydrogens is 236 g/mol. The molecule has 1 amide bonds. The van der Waals surface area contributed by atoms with Gasteiger partial charge in [0.1, 0.15) is 5.69 Å². The van der Waals surface area contributed by atoms with Gasteiger partial charge in [0.25, 0.3) is 5.91 Å². The van der Waals surface area contributed by atoms with E-state index in [0.717, 1.165) is 18.5 Å². The number of nitrogens with zero attached hydrogens (tertiary/aromatic N) is 3. The van der Waals surface area contributed by atoms with Crippen LogP contribution in [0.4, 0.5) is 5.13 Å². The molecule has 5 nitrogen and oxygen atoms in total. The van der Waals surface area contributed by atoms with Crippen molar-refractivity contribution in [2.24, 2.45) is 7.05 Å². The van der Waals surface area contributed by atoms with Crippen LogP contribution in [0, 0.1) is 0 Å². The van der Waals surface area contributed by atoms with Crippen molar-refractivity contribution >= 4 is 22.4 Å². The maximum atomic E-state index is 11.9. The molecule has 1 aliphatic rings. The molecule has 2 aromatic heterocycles.